The van der Waals surface area contributed by atoms with E-state index in [0.29, 0.717) is 17.1 Å². The van der Waals surface area contributed by atoms with Crippen LogP contribution in [0.15, 0.2) is 28.7 Å². The number of carbonyl (C=O) groups is 1. The SMILES string of the molecule is CCC(NC)C(=O)c1ccc2cc([O][Hg])oc2c1. The van der Waals surface area contributed by atoms with Crippen LogP contribution in [-0.4, -0.2) is 18.9 Å². The van der Waals surface area contributed by atoms with Crippen LogP contribution in [0.25, 0.3) is 11.0 Å². The van der Waals surface area contributed by atoms with Gasteiger partial charge in [0.2, 0.25) is 0 Å². The summed E-state index contributed by atoms with van der Waals surface area (Å²) in [5, 5.41) is 3.98. The van der Waals surface area contributed by atoms with Gasteiger partial charge >= 0.3 is 123 Å². The summed E-state index contributed by atoms with van der Waals surface area (Å²) in [5.74, 6) is 0.633. The molecule has 1 heterocycles. The first-order chi connectivity index (χ1) is 8.69. The summed E-state index contributed by atoms with van der Waals surface area (Å²) < 4.78 is 10.7. The number of nitrogens with one attached hydrogen (secondary N) is 1. The molecule has 0 aliphatic carbocycles. The van der Waals surface area contributed by atoms with Gasteiger partial charge in [-0.3, -0.25) is 0 Å². The second-order valence-corrected chi connectivity index (χ2v) is 5.20. The van der Waals surface area contributed by atoms with E-state index in [2.05, 4.69) is 5.32 Å². The molecule has 4 nitrogen and oxygen atoms in total. The minimum atomic E-state index is -0.144. The van der Waals surface area contributed by atoms with Gasteiger partial charge in [-0.25, -0.2) is 0 Å². The van der Waals surface area contributed by atoms with E-state index in [1.54, 1.807) is 13.1 Å². The Bertz CT molecular complexity index is 560. The molecule has 0 aliphatic heterocycles. The van der Waals surface area contributed by atoms with Gasteiger partial charge in [0.1, 0.15) is 0 Å². The van der Waals surface area contributed by atoms with Crippen LogP contribution in [0.2, 0.25) is 0 Å². The normalized spacial score (nSPS) is 12.7. The van der Waals surface area contributed by atoms with Gasteiger partial charge in [0.05, 0.1) is 0 Å². The molecule has 0 saturated carbocycles. The average molecular weight is 433 g/mol. The molecule has 1 atom stereocenters. The van der Waals surface area contributed by atoms with E-state index in [4.69, 9.17) is 7.06 Å². The molecule has 0 aliphatic rings. The van der Waals surface area contributed by atoms with Crippen LogP contribution >= 0.6 is 0 Å². The second-order valence-electron chi connectivity index (χ2n) is 4.08. The third kappa shape index (κ3) is 2.59. The van der Waals surface area contributed by atoms with Crippen molar-refractivity contribution in [1.29, 1.82) is 0 Å². The summed E-state index contributed by atoms with van der Waals surface area (Å²) in [7, 11) is 1.80. The van der Waals surface area contributed by atoms with Gasteiger partial charge in [0.25, 0.3) is 0 Å². The molecule has 2 aromatic rings. The third-order valence-corrected chi connectivity index (χ3v) is 4.10. The van der Waals surface area contributed by atoms with Crippen molar-refractivity contribution in [3.8, 4) is 5.95 Å². The maximum atomic E-state index is 12.2. The van der Waals surface area contributed by atoms with E-state index in [-0.39, 0.29) is 38.4 Å². The zero-order valence-electron chi connectivity index (χ0n) is 10.5. The molecule has 0 amide bonds. The quantitative estimate of drug-likeness (QED) is 0.582. The van der Waals surface area contributed by atoms with Crippen LogP contribution in [0.5, 0.6) is 5.95 Å². The standard InChI is InChI=1S/C13H15NO3.Hg/c1-3-10(14-2)13(16)9-5-4-8-7-12(15)17-11(8)6-9;/h4-7,10,14-15H,3H2,1-2H3;/q;+1/p-1. The first-order valence-electron chi connectivity index (χ1n) is 5.86. The summed E-state index contributed by atoms with van der Waals surface area (Å²) in [5.41, 5.74) is 1.37. The van der Waals surface area contributed by atoms with Crippen LogP contribution in [0.1, 0.15) is 23.7 Å². The number of benzene rings is 1. The van der Waals surface area contributed by atoms with Crippen molar-refractivity contribution in [3.63, 3.8) is 0 Å². The van der Waals surface area contributed by atoms with E-state index in [1.165, 1.54) is 0 Å². The van der Waals surface area contributed by atoms with Crippen LogP contribution in [0.4, 0.5) is 0 Å². The maximum absolute atomic E-state index is 12.2. The van der Waals surface area contributed by atoms with E-state index in [9.17, 15) is 4.79 Å². The van der Waals surface area contributed by atoms with E-state index >= 15 is 0 Å². The monoisotopic (exact) mass is 434 g/mol. The van der Waals surface area contributed by atoms with Crippen molar-refractivity contribution in [2.75, 3.05) is 7.05 Å². The Morgan fingerprint density at radius 3 is 2.89 bits per heavy atom. The molecule has 1 aromatic carbocycles. The van der Waals surface area contributed by atoms with Crippen molar-refractivity contribution in [3.05, 3.63) is 29.8 Å². The number of hydrogen-bond donors (Lipinski definition) is 1. The molecular weight excluding hydrogens is 419 g/mol. The molecule has 0 fully saturated rings. The van der Waals surface area contributed by atoms with Crippen molar-refractivity contribution >= 4 is 16.8 Å². The number of furan rings is 1. The molecule has 18 heavy (non-hydrogen) atoms. The fourth-order valence-electron chi connectivity index (χ4n) is 1.95. The Balaban J connectivity index is 2.37. The van der Waals surface area contributed by atoms with Crippen molar-refractivity contribution in [2.24, 2.45) is 0 Å². The summed E-state index contributed by atoms with van der Waals surface area (Å²) in [6, 6.07) is 7.22. The molecule has 91 valence electrons. The van der Waals surface area contributed by atoms with Gasteiger partial charge in [0, 0.05) is 0 Å². The molecule has 5 heteroatoms. The Morgan fingerprint density at radius 2 is 2.28 bits per heavy atom. The van der Waals surface area contributed by atoms with Gasteiger partial charge in [-0.2, -0.15) is 0 Å². The molecule has 2 rings (SSSR count). The molecule has 1 aromatic heterocycles. The predicted octanol–water partition coefficient (Wildman–Crippen LogP) is 2.45. The molecule has 0 bridgehead atoms. The zero-order valence-corrected chi connectivity index (χ0v) is 16.0. The number of fused-ring (bicyclic) bond motifs is 1. The van der Waals surface area contributed by atoms with E-state index in [0.717, 1.165) is 11.8 Å². The summed E-state index contributed by atoms with van der Waals surface area (Å²) in [4.78, 5) is 12.2. The number of likely N-dealkylation sites (N-methyl/N-ethyl adjacent to an activating group) is 1. The zero-order chi connectivity index (χ0) is 13.1. The summed E-state index contributed by atoms with van der Waals surface area (Å²) >= 11 is 0.201. The third-order valence-electron chi connectivity index (χ3n) is 3.00. The van der Waals surface area contributed by atoms with E-state index in [1.807, 2.05) is 25.1 Å². The van der Waals surface area contributed by atoms with Gasteiger partial charge < -0.3 is 0 Å². The van der Waals surface area contributed by atoms with Crippen molar-refractivity contribution < 1.29 is 38.4 Å². The molecule has 1 unspecified atom stereocenters. The van der Waals surface area contributed by atoms with Gasteiger partial charge in [0.15, 0.2) is 0 Å². The number of rotatable bonds is 5. The topological polar surface area (TPSA) is 51.5 Å². The fraction of sp³-hybridized carbons (Fsp3) is 0.308. The van der Waals surface area contributed by atoms with Crippen molar-refractivity contribution in [1.82, 2.24) is 5.32 Å². The Labute approximate surface area is 122 Å². The number of Topliss-reactive ketones (excluding diaryl/α,β-unsaturated/α-hetero) is 1. The molecule has 0 spiro atoms. The first-order valence-corrected chi connectivity index (χ1v) is 8.11. The molecular formula is C13H14HgNO3. The Kier molecular flexibility index (Phi) is 4.40. The number of ketones is 1. The van der Waals surface area contributed by atoms with Crippen LogP contribution in [-0.2, 0) is 26.6 Å². The first kappa shape index (κ1) is 13.6. The van der Waals surface area contributed by atoms with Gasteiger partial charge in [-0.05, 0) is 0 Å². The molecule has 0 radical (unpaired) electrons. The Morgan fingerprint density at radius 1 is 1.50 bits per heavy atom. The molecule has 0 saturated heterocycles. The predicted molar refractivity (Wildman–Crippen MR) is 64.3 cm³/mol. The van der Waals surface area contributed by atoms with E-state index < -0.39 is 0 Å². The fourth-order valence-corrected chi connectivity index (χ4v) is 2.51. The van der Waals surface area contributed by atoms with Crippen LogP contribution < -0.4 is 7.96 Å². The summed E-state index contributed by atoms with van der Waals surface area (Å²) in [6.45, 7) is 1.99. The van der Waals surface area contributed by atoms with Crippen LogP contribution in [0, 0.1) is 0 Å². The van der Waals surface area contributed by atoms with Gasteiger partial charge in [-0.1, -0.05) is 0 Å². The van der Waals surface area contributed by atoms with Crippen LogP contribution in [0.3, 0.4) is 0 Å². The summed E-state index contributed by atoms with van der Waals surface area (Å²) in [6.07, 6.45) is 0.767. The average Bonchev–Trinajstić information content (AvgIpc) is 2.81. The number of hydrogen-bond acceptors (Lipinski definition) is 4. The minimum absolute atomic E-state index is 0.0930. The van der Waals surface area contributed by atoms with Gasteiger partial charge in [-0.15, -0.1) is 0 Å². The Hall–Kier alpha value is -0.875. The number of carbonyl (C=O) groups excluding carboxylic acids is 1. The van der Waals surface area contributed by atoms with Crippen molar-refractivity contribution in [2.45, 2.75) is 19.4 Å². The molecule has 1 N–H and O–H groups in total. The second kappa shape index (κ2) is 5.84.